The third kappa shape index (κ3) is 4.60. The normalized spacial score (nSPS) is 11.2. The largest absolute Gasteiger partial charge is 0.310 e. The van der Waals surface area contributed by atoms with Crippen molar-refractivity contribution in [3.63, 3.8) is 0 Å². The average molecular weight is 417 g/mol. The van der Waals surface area contributed by atoms with Crippen LogP contribution in [-0.2, 0) is 12.2 Å². The van der Waals surface area contributed by atoms with Crippen molar-refractivity contribution in [3.8, 4) is 0 Å². The number of aromatic nitrogens is 4. The molecule has 4 rings (SSSR count). The minimum absolute atomic E-state index is 0.149. The maximum Gasteiger partial charge on any atom is 0.251 e. The molecule has 2 aromatic carbocycles. The van der Waals surface area contributed by atoms with Gasteiger partial charge in [-0.2, -0.15) is 0 Å². The van der Waals surface area contributed by atoms with Gasteiger partial charge in [-0.25, -0.2) is 15.0 Å². The lowest BCUT2D eigenvalue weighted by atomic mass is 10.1. The lowest BCUT2D eigenvalue weighted by Gasteiger charge is -2.09. The summed E-state index contributed by atoms with van der Waals surface area (Å²) < 4.78 is 0. The van der Waals surface area contributed by atoms with Crippen molar-refractivity contribution in [2.45, 2.75) is 44.8 Å². The summed E-state index contributed by atoms with van der Waals surface area (Å²) in [7, 11) is 0. The van der Waals surface area contributed by atoms with Crippen LogP contribution in [0.15, 0.2) is 52.2 Å². The van der Waals surface area contributed by atoms with Crippen LogP contribution in [0.3, 0.4) is 0 Å². The molecule has 0 spiro atoms. The molecule has 0 fully saturated rings. The van der Waals surface area contributed by atoms with E-state index in [2.05, 4.69) is 72.1 Å². The van der Waals surface area contributed by atoms with Crippen LogP contribution in [0, 0.1) is 27.7 Å². The fourth-order valence-electron chi connectivity index (χ4n) is 3.53. The molecular formula is C24H24N4OS. The molecule has 0 saturated heterocycles. The molecule has 6 heteroatoms. The van der Waals surface area contributed by atoms with Gasteiger partial charge >= 0.3 is 0 Å². The summed E-state index contributed by atoms with van der Waals surface area (Å²) in [6, 6.07) is 14.1. The van der Waals surface area contributed by atoms with Gasteiger partial charge in [0.05, 0.1) is 17.6 Å². The number of H-pyrrole nitrogens is 1. The van der Waals surface area contributed by atoms with Crippen LogP contribution in [0.2, 0.25) is 0 Å². The molecule has 2 heterocycles. The summed E-state index contributed by atoms with van der Waals surface area (Å²) in [5, 5.41) is 1.07. The first-order valence-electron chi connectivity index (χ1n) is 9.90. The Morgan fingerprint density at radius 2 is 1.67 bits per heavy atom. The molecule has 30 heavy (non-hydrogen) atoms. The predicted octanol–water partition coefficient (Wildman–Crippen LogP) is 4.83. The Hall–Kier alpha value is -2.99. The van der Waals surface area contributed by atoms with Gasteiger partial charge in [0.2, 0.25) is 0 Å². The highest BCUT2D eigenvalue weighted by atomic mass is 32.2. The quantitative estimate of drug-likeness (QED) is 0.472. The summed E-state index contributed by atoms with van der Waals surface area (Å²) >= 11 is 1.67. The van der Waals surface area contributed by atoms with Crippen molar-refractivity contribution in [1.82, 2.24) is 19.9 Å². The highest BCUT2D eigenvalue weighted by Gasteiger charge is 2.11. The van der Waals surface area contributed by atoms with Gasteiger partial charge in [0.15, 0.2) is 0 Å². The Morgan fingerprint density at radius 1 is 0.900 bits per heavy atom. The third-order valence-electron chi connectivity index (χ3n) is 4.95. The molecule has 0 amide bonds. The van der Waals surface area contributed by atoms with Crippen molar-refractivity contribution in [1.29, 1.82) is 0 Å². The van der Waals surface area contributed by atoms with Crippen molar-refractivity contribution in [2.24, 2.45) is 0 Å². The molecular weight excluding hydrogens is 392 g/mol. The molecule has 0 atom stereocenters. The number of benzene rings is 2. The van der Waals surface area contributed by atoms with E-state index >= 15 is 0 Å². The second-order valence-electron chi connectivity index (χ2n) is 7.67. The van der Waals surface area contributed by atoms with Crippen LogP contribution in [0.25, 0.3) is 10.9 Å². The van der Waals surface area contributed by atoms with Gasteiger partial charge in [-0.15, -0.1) is 11.8 Å². The first-order valence-corrected chi connectivity index (χ1v) is 10.9. The minimum atomic E-state index is -0.149. The molecule has 0 saturated carbocycles. The van der Waals surface area contributed by atoms with E-state index in [1.165, 1.54) is 11.1 Å². The topological polar surface area (TPSA) is 71.5 Å². The smallest absolute Gasteiger partial charge is 0.251 e. The number of rotatable bonds is 5. The minimum Gasteiger partial charge on any atom is -0.310 e. The summed E-state index contributed by atoms with van der Waals surface area (Å²) in [6.07, 6.45) is 0.391. The number of nitrogens with one attached hydrogen (secondary N) is 1. The predicted molar refractivity (Wildman–Crippen MR) is 122 cm³/mol. The third-order valence-corrected chi connectivity index (χ3v) is 5.99. The van der Waals surface area contributed by atoms with Crippen LogP contribution in [-0.4, -0.2) is 19.9 Å². The van der Waals surface area contributed by atoms with E-state index in [0.29, 0.717) is 23.8 Å². The van der Waals surface area contributed by atoms with Crippen molar-refractivity contribution < 1.29 is 0 Å². The van der Waals surface area contributed by atoms with E-state index in [9.17, 15) is 4.79 Å². The SMILES string of the molecule is Cc1ccc(SCc2cc(=O)[nH]c(Cc3nc(C)c4cc(C)cc(C)c4n3)n2)cc1. The lowest BCUT2D eigenvalue weighted by molar-refractivity contribution is 0.862. The van der Waals surface area contributed by atoms with Gasteiger partial charge in [-0.1, -0.05) is 29.3 Å². The monoisotopic (exact) mass is 416 g/mol. The molecule has 0 radical (unpaired) electrons. The highest BCUT2D eigenvalue weighted by Crippen LogP contribution is 2.23. The molecule has 2 aromatic heterocycles. The van der Waals surface area contributed by atoms with Crippen molar-refractivity contribution in [2.75, 3.05) is 0 Å². The zero-order chi connectivity index (χ0) is 21.3. The van der Waals surface area contributed by atoms with Crippen molar-refractivity contribution in [3.05, 3.63) is 92.5 Å². The fourth-order valence-corrected chi connectivity index (χ4v) is 4.32. The van der Waals surface area contributed by atoms with Gasteiger partial charge in [0.1, 0.15) is 11.6 Å². The van der Waals surface area contributed by atoms with E-state index in [1.54, 1.807) is 17.8 Å². The van der Waals surface area contributed by atoms with E-state index in [4.69, 9.17) is 4.98 Å². The molecule has 4 aromatic rings. The zero-order valence-electron chi connectivity index (χ0n) is 17.6. The second-order valence-corrected chi connectivity index (χ2v) is 8.71. The molecule has 1 N–H and O–H groups in total. The summed E-state index contributed by atoms with van der Waals surface area (Å²) in [5.41, 5.74) is 6.05. The van der Waals surface area contributed by atoms with E-state index in [1.807, 2.05) is 6.92 Å². The van der Waals surface area contributed by atoms with Gasteiger partial charge in [-0.05, 0) is 51.5 Å². The van der Waals surface area contributed by atoms with E-state index in [-0.39, 0.29) is 5.56 Å². The number of nitrogens with zero attached hydrogens (tertiary/aromatic N) is 3. The molecule has 5 nitrogen and oxygen atoms in total. The molecule has 0 bridgehead atoms. The molecule has 0 unspecified atom stereocenters. The van der Waals surface area contributed by atoms with Gasteiger partial charge in [0.25, 0.3) is 5.56 Å². The van der Waals surface area contributed by atoms with Gasteiger partial charge in [0, 0.05) is 27.8 Å². The summed E-state index contributed by atoms with van der Waals surface area (Å²) in [5.74, 6) is 1.89. The highest BCUT2D eigenvalue weighted by molar-refractivity contribution is 7.98. The Balaban J connectivity index is 1.59. The van der Waals surface area contributed by atoms with Gasteiger partial charge in [-0.3, -0.25) is 4.79 Å². The van der Waals surface area contributed by atoms with Gasteiger partial charge < -0.3 is 4.98 Å². The molecule has 152 valence electrons. The molecule has 0 aliphatic heterocycles. The standard InChI is InChI=1S/C24H24N4OS/c1-14-5-7-19(8-6-14)30-13-18-11-23(29)27-22(26-18)12-21-25-17(4)20-10-15(2)9-16(3)24(20)28-21/h5-11H,12-13H2,1-4H3,(H,26,27,29). The number of fused-ring (bicyclic) bond motifs is 1. The Labute approximate surface area is 180 Å². The van der Waals surface area contributed by atoms with Crippen LogP contribution >= 0.6 is 11.8 Å². The van der Waals surface area contributed by atoms with E-state index in [0.717, 1.165) is 32.7 Å². The molecule has 0 aliphatic carbocycles. The molecule has 0 aliphatic rings. The Morgan fingerprint density at radius 3 is 2.43 bits per heavy atom. The number of hydrogen-bond acceptors (Lipinski definition) is 5. The zero-order valence-corrected chi connectivity index (χ0v) is 18.4. The first-order chi connectivity index (χ1) is 14.4. The van der Waals surface area contributed by atoms with Crippen molar-refractivity contribution >= 4 is 22.7 Å². The number of hydrogen-bond donors (Lipinski definition) is 1. The fraction of sp³-hybridized carbons (Fsp3) is 0.250. The first kappa shape index (κ1) is 20.3. The summed E-state index contributed by atoms with van der Waals surface area (Å²) in [6.45, 7) is 8.21. The Kier molecular flexibility index (Phi) is 5.68. The Bertz CT molecular complexity index is 1280. The van der Waals surface area contributed by atoms with Crippen LogP contribution in [0.5, 0.6) is 0 Å². The van der Waals surface area contributed by atoms with Crippen LogP contribution in [0.1, 0.15) is 39.7 Å². The second kappa shape index (κ2) is 8.40. The number of aromatic amines is 1. The maximum atomic E-state index is 12.2. The van der Waals surface area contributed by atoms with Crippen LogP contribution in [0.4, 0.5) is 0 Å². The summed E-state index contributed by atoms with van der Waals surface area (Å²) in [4.78, 5) is 30.2. The van der Waals surface area contributed by atoms with E-state index < -0.39 is 0 Å². The number of aryl methyl sites for hydroxylation is 4. The lowest BCUT2D eigenvalue weighted by Crippen LogP contribution is -2.14. The number of thioether (sulfide) groups is 1. The average Bonchev–Trinajstić information content (AvgIpc) is 2.68. The maximum absolute atomic E-state index is 12.2. The van der Waals surface area contributed by atoms with Crippen LogP contribution < -0.4 is 5.56 Å².